The van der Waals surface area contributed by atoms with Gasteiger partial charge < -0.3 is 19.8 Å². The maximum absolute atomic E-state index is 11.9. The van der Waals surface area contributed by atoms with Gasteiger partial charge in [0.15, 0.2) is 0 Å². The van der Waals surface area contributed by atoms with Gasteiger partial charge in [-0.25, -0.2) is 4.79 Å². The van der Waals surface area contributed by atoms with E-state index in [0.717, 1.165) is 48.8 Å². The minimum absolute atomic E-state index is 0.278. The Morgan fingerprint density at radius 3 is 2.87 bits per heavy atom. The topological polar surface area (TPSA) is 68.7 Å². The summed E-state index contributed by atoms with van der Waals surface area (Å²) in [6, 6.07) is 7.68. The third kappa shape index (κ3) is 4.34. The largest absolute Gasteiger partial charge is 0.486 e. The summed E-state index contributed by atoms with van der Waals surface area (Å²) in [5, 5.41) is 0.854. The van der Waals surface area contributed by atoms with Crippen LogP contribution in [0.1, 0.15) is 19.3 Å². The molecule has 124 valence electrons. The van der Waals surface area contributed by atoms with E-state index in [1.165, 1.54) is 0 Å². The van der Waals surface area contributed by atoms with E-state index in [4.69, 9.17) is 14.9 Å². The second-order valence-electron chi connectivity index (χ2n) is 5.96. The van der Waals surface area contributed by atoms with Gasteiger partial charge in [0.2, 0.25) is 5.75 Å². The quantitative estimate of drug-likeness (QED) is 0.637. The molecular formula is C17H21BrN2O3. The third-order valence-electron chi connectivity index (χ3n) is 4.17. The fourth-order valence-corrected chi connectivity index (χ4v) is 3.15. The van der Waals surface area contributed by atoms with Gasteiger partial charge in [-0.2, -0.15) is 0 Å². The van der Waals surface area contributed by atoms with Crippen LogP contribution in [0.3, 0.4) is 0 Å². The number of hydrogen-bond acceptors (Lipinski definition) is 5. The highest BCUT2D eigenvalue weighted by Crippen LogP contribution is 2.21. The number of piperidine rings is 1. The highest BCUT2D eigenvalue weighted by molar-refractivity contribution is 9.10. The van der Waals surface area contributed by atoms with Crippen molar-refractivity contribution in [1.82, 2.24) is 4.90 Å². The molecule has 1 aromatic carbocycles. The first-order chi connectivity index (χ1) is 11.1. The van der Waals surface area contributed by atoms with Crippen LogP contribution in [0.15, 0.2) is 37.9 Å². The molecule has 2 aromatic rings. The lowest BCUT2D eigenvalue weighted by Gasteiger charge is -2.29. The van der Waals surface area contributed by atoms with Crippen molar-refractivity contribution in [2.24, 2.45) is 5.73 Å². The molecule has 0 bridgehead atoms. The molecule has 1 fully saturated rings. The zero-order valence-corrected chi connectivity index (χ0v) is 14.5. The summed E-state index contributed by atoms with van der Waals surface area (Å²) in [6.45, 7) is 3.58. The molecule has 1 aliphatic rings. The lowest BCUT2D eigenvalue weighted by molar-refractivity contribution is 0.192. The molecule has 3 rings (SSSR count). The van der Waals surface area contributed by atoms with Crippen molar-refractivity contribution in [2.45, 2.75) is 25.3 Å². The standard InChI is InChI=1S/C17H21BrN2O3/c18-13-3-2-12-10-16(17(21)23-15(12)11-13)22-9-1-6-20-7-4-14(19)5-8-20/h2-3,10-11,14H,1,4-9,19H2. The van der Waals surface area contributed by atoms with E-state index < -0.39 is 5.63 Å². The van der Waals surface area contributed by atoms with Crippen LogP contribution in [-0.4, -0.2) is 37.2 Å². The normalized spacial score (nSPS) is 16.8. The Bertz CT molecular complexity index is 723. The number of rotatable bonds is 5. The van der Waals surface area contributed by atoms with Crippen molar-refractivity contribution in [3.8, 4) is 5.75 Å². The molecule has 6 heteroatoms. The Balaban J connectivity index is 1.54. The first-order valence-corrected chi connectivity index (χ1v) is 8.75. The van der Waals surface area contributed by atoms with Crippen molar-refractivity contribution in [1.29, 1.82) is 0 Å². The minimum atomic E-state index is -0.431. The van der Waals surface area contributed by atoms with Gasteiger partial charge in [0, 0.05) is 22.4 Å². The van der Waals surface area contributed by atoms with Crippen molar-refractivity contribution in [3.05, 3.63) is 39.2 Å². The molecule has 0 unspecified atom stereocenters. The highest BCUT2D eigenvalue weighted by atomic mass is 79.9. The average molecular weight is 381 g/mol. The predicted molar refractivity (Wildman–Crippen MR) is 93.9 cm³/mol. The zero-order valence-electron chi connectivity index (χ0n) is 13.0. The van der Waals surface area contributed by atoms with Crippen LogP contribution in [0.25, 0.3) is 11.0 Å². The van der Waals surface area contributed by atoms with E-state index >= 15 is 0 Å². The Hall–Kier alpha value is -1.37. The number of ether oxygens (including phenoxy) is 1. The molecule has 0 radical (unpaired) electrons. The molecular weight excluding hydrogens is 360 g/mol. The number of halogens is 1. The van der Waals surface area contributed by atoms with Crippen LogP contribution in [0.2, 0.25) is 0 Å². The van der Waals surface area contributed by atoms with Gasteiger partial charge in [0.05, 0.1) is 6.61 Å². The third-order valence-corrected chi connectivity index (χ3v) is 4.67. The molecule has 0 amide bonds. The first kappa shape index (κ1) is 16.5. The van der Waals surface area contributed by atoms with Crippen molar-refractivity contribution in [2.75, 3.05) is 26.2 Å². The molecule has 1 aromatic heterocycles. The van der Waals surface area contributed by atoms with Crippen LogP contribution in [0.5, 0.6) is 5.75 Å². The monoisotopic (exact) mass is 380 g/mol. The molecule has 0 aliphatic carbocycles. The first-order valence-electron chi connectivity index (χ1n) is 7.96. The Kier molecular flexibility index (Phi) is 5.35. The second kappa shape index (κ2) is 7.47. The van der Waals surface area contributed by atoms with E-state index in [1.54, 1.807) is 12.1 Å². The summed E-state index contributed by atoms with van der Waals surface area (Å²) in [5.74, 6) is 0.278. The smallest absolute Gasteiger partial charge is 0.379 e. The van der Waals surface area contributed by atoms with Crippen molar-refractivity contribution >= 4 is 26.9 Å². The van der Waals surface area contributed by atoms with Crippen LogP contribution in [0, 0.1) is 0 Å². The zero-order chi connectivity index (χ0) is 16.2. The summed E-state index contributed by atoms with van der Waals surface area (Å²) >= 11 is 3.36. The van der Waals surface area contributed by atoms with E-state index in [2.05, 4.69) is 20.8 Å². The van der Waals surface area contributed by atoms with E-state index in [-0.39, 0.29) is 5.75 Å². The molecule has 23 heavy (non-hydrogen) atoms. The molecule has 0 atom stereocenters. The van der Waals surface area contributed by atoms with Crippen LogP contribution in [0.4, 0.5) is 0 Å². The van der Waals surface area contributed by atoms with Gasteiger partial charge in [-0.3, -0.25) is 0 Å². The van der Waals surface area contributed by atoms with Crippen molar-refractivity contribution in [3.63, 3.8) is 0 Å². The predicted octanol–water partition coefficient (Wildman–Crippen LogP) is 2.75. The number of fused-ring (bicyclic) bond motifs is 1. The SMILES string of the molecule is NC1CCN(CCCOc2cc3ccc(Br)cc3oc2=O)CC1. The van der Waals surface area contributed by atoms with Gasteiger partial charge in [0.1, 0.15) is 5.58 Å². The lowest BCUT2D eigenvalue weighted by atomic mass is 10.1. The summed E-state index contributed by atoms with van der Waals surface area (Å²) in [7, 11) is 0. The molecule has 0 saturated carbocycles. The van der Waals surface area contributed by atoms with Crippen LogP contribution < -0.4 is 16.1 Å². The maximum atomic E-state index is 11.9. The fraction of sp³-hybridized carbons (Fsp3) is 0.471. The molecule has 1 saturated heterocycles. The van der Waals surface area contributed by atoms with E-state index in [9.17, 15) is 4.79 Å². The Labute approximate surface area is 143 Å². The molecule has 1 aliphatic heterocycles. The second-order valence-corrected chi connectivity index (χ2v) is 6.88. The fourth-order valence-electron chi connectivity index (χ4n) is 2.81. The molecule has 2 N–H and O–H groups in total. The number of likely N-dealkylation sites (tertiary alicyclic amines) is 1. The van der Waals surface area contributed by atoms with Gasteiger partial charge in [0.25, 0.3) is 0 Å². The molecule has 2 heterocycles. The number of benzene rings is 1. The van der Waals surface area contributed by atoms with Crippen LogP contribution >= 0.6 is 15.9 Å². The average Bonchev–Trinajstić information content (AvgIpc) is 2.53. The lowest BCUT2D eigenvalue weighted by Crippen LogP contribution is -2.40. The Morgan fingerprint density at radius 1 is 1.30 bits per heavy atom. The van der Waals surface area contributed by atoms with E-state index in [0.29, 0.717) is 18.2 Å². The summed E-state index contributed by atoms with van der Waals surface area (Å²) in [6.07, 6.45) is 3.00. The minimum Gasteiger partial charge on any atom is -0.486 e. The Morgan fingerprint density at radius 2 is 2.09 bits per heavy atom. The summed E-state index contributed by atoms with van der Waals surface area (Å²) in [4.78, 5) is 14.3. The number of nitrogens with zero attached hydrogens (tertiary/aromatic N) is 1. The molecule has 0 spiro atoms. The van der Waals surface area contributed by atoms with Gasteiger partial charge in [-0.1, -0.05) is 15.9 Å². The maximum Gasteiger partial charge on any atom is 0.379 e. The van der Waals surface area contributed by atoms with Crippen LogP contribution in [-0.2, 0) is 0 Å². The van der Waals surface area contributed by atoms with Crippen molar-refractivity contribution < 1.29 is 9.15 Å². The molecule has 5 nitrogen and oxygen atoms in total. The van der Waals surface area contributed by atoms with Gasteiger partial charge in [-0.05, 0) is 56.6 Å². The highest BCUT2D eigenvalue weighted by Gasteiger charge is 2.15. The van der Waals surface area contributed by atoms with Gasteiger partial charge in [-0.15, -0.1) is 0 Å². The number of hydrogen-bond donors (Lipinski definition) is 1. The number of nitrogens with two attached hydrogens (primary N) is 1. The van der Waals surface area contributed by atoms with Gasteiger partial charge >= 0.3 is 5.63 Å². The summed E-state index contributed by atoms with van der Waals surface area (Å²) in [5.41, 5.74) is 6.03. The summed E-state index contributed by atoms with van der Waals surface area (Å²) < 4.78 is 11.8. The van der Waals surface area contributed by atoms with E-state index in [1.807, 2.05) is 12.1 Å².